The van der Waals surface area contributed by atoms with Crippen LogP contribution >= 0.6 is 11.6 Å². The quantitative estimate of drug-likeness (QED) is 0.817. The Balaban J connectivity index is 2.78. The minimum atomic E-state index is -3.87. The fourth-order valence-electron chi connectivity index (χ4n) is 1.11. The van der Waals surface area contributed by atoms with Crippen molar-refractivity contribution in [1.82, 2.24) is 19.2 Å². The zero-order chi connectivity index (χ0) is 13.9. The number of likely N-dealkylation sites (N-methyl/N-ethyl adjacent to an activating group) is 1. The van der Waals surface area contributed by atoms with Crippen LogP contribution < -0.4 is 4.72 Å². The first kappa shape index (κ1) is 14.9. The third kappa shape index (κ3) is 3.21. The molecule has 0 radical (unpaired) electrons. The fourth-order valence-corrected chi connectivity index (χ4v) is 2.51. The molecule has 0 bridgehead atoms. The van der Waals surface area contributed by atoms with Crippen molar-refractivity contribution in [2.24, 2.45) is 7.05 Å². The highest BCUT2D eigenvalue weighted by atomic mass is 35.5. The molecule has 1 N–H and O–H groups in total. The van der Waals surface area contributed by atoms with E-state index in [-0.39, 0.29) is 22.6 Å². The second-order valence-corrected chi connectivity index (χ2v) is 5.72. The summed E-state index contributed by atoms with van der Waals surface area (Å²) in [5.41, 5.74) is 0. The van der Waals surface area contributed by atoms with Gasteiger partial charge in [-0.1, -0.05) is 11.6 Å². The van der Waals surface area contributed by atoms with Crippen molar-refractivity contribution < 1.29 is 13.2 Å². The lowest BCUT2D eigenvalue weighted by Crippen LogP contribution is -2.38. The molecule has 0 saturated heterocycles. The van der Waals surface area contributed by atoms with E-state index in [9.17, 15) is 13.2 Å². The number of hydrogen-bond acceptors (Lipinski definition) is 4. The SMILES string of the molecule is CCN(C)C(=O)CNS(=O)(=O)c1ncn(C)c1Cl. The van der Waals surface area contributed by atoms with Gasteiger partial charge in [0.05, 0.1) is 12.9 Å². The number of halogens is 1. The highest BCUT2D eigenvalue weighted by Gasteiger charge is 2.23. The van der Waals surface area contributed by atoms with Crippen LogP contribution in [0.25, 0.3) is 0 Å². The van der Waals surface area contributed by atoms with Crippen molar-refractivity contribution in [3.8, 4) is 0 Å². The van der Waals surface area contributed by atoms with Gasteiger partial charge in [-0.15, -0.1) is 0 Å². The summed E-state index contributed by atoms with van der Waals surface area (Å²) in [5, 5.41) is -0.280. The van der Waals surface area contributed by atoms with Crippen molar-refractivity contribution in [3.63, 3.8) is 0 Å². The van der Waals surface area contributed by atoms with Crippen molar-refractivity contribution in [2.45, 2.75) is 11.9 Å². The van der Waals surface area contributed by atoms with E-state index in [2.05, 4.69) is 9.71 Å². The number of amides is 1. The van der Waals surface area contributed by atoms with E-state index >= 15 is 0 Å². The van der Waals surface area contributed by atoms with E-state index in [1.165, 1.54) is 15.8 Å². The monoisotopic (exact) mass is 294 g/mol. The van der Waals surface area contributed by atoms with Gasteiger partial charge in [0.1, 0.15) is 5.15 Å². The molecule has 9 heteroatoms. The molecule has 0 spiro atoms. The Morgan fingerprint density at radius 3 is 2.67 bits per heavy atom. The number of aryl methyl sites for hydroxylation is 1. The molecule has 18 heavy (non-hydrogen) atoms. The van der Waals surface area contributed by atoms with Crippen LogP contribution in [0.15, 0.2) is 11.4 Å². The van der Waals surface area contributed by atoms with Crippen LogP contribution in [0.4, 0.5) is 0 Å². The second-order valence-electron chi connectivity index (χ2n) is 3.68. The molecule has 102 valence electrons. The number of imidazole rings is 1. The molecule has 0 aliphatic rings. The van der Waals surface area contributed by atoms with E-state index in [1.807, 2.05) is 0 Å². The standard InChI is InChI=1S/C9H15ClN4O3S/c1-4-13(2)7(15)5-12-18(16,17)9-8(10)14(3)6-11-9/h6,12H,4-5H2,1-3H3. The van der Waals surface area contributed by atoms with Crippen LogP contribution in [-0.2, 0) is 21.9 Å². The van der Waals surface area contributed by atoms with Crippen LogP contribution in [0.2, 0.25) is 5.15 Å². The largest absolute Gasteiger partial charge is 0.345 e. The Labute approximate surface area is 111 Å². The van der Waals surface area contributed by atoms with E-state index in [0.717, 1.165) is 0 Å². The third-order valence-corrected chi connectivity index (χ3v) is 4.29. The number of rotatable bonds is 5. The van der Waals surface area contributed by atoms with Crippen molar-refractivity contribution in [2.75, 3.05) is 20.1 Å². The highest BCUT2D eigenvalue weighted by molar-refractivity contribution is 7.89. The van der Waals surface area contributed by atoms with Crippen LogP contribution in [0.3, 0.4) is 0 Å². The van der Waals surface area contributed by atoms with E-state index in [1.54, 1.807) is 21.0 Å². The average molecular weight is 295 g/mol. The van der Waals surface area contributed by atoms with Crippen LogP contribution in [0.5, 0.6) is 0 Å². The van der Waals surface area contributed by atoms with E-state index in [4.69, 9.17) is 11.6 Å². The lowest BCUT2D eigenvalue weighted by molar-refractivity contribution is -0.128. The predicted octanol–water partition coefficient (Wildman–Crippen LogP) is -0.170. The molecule has 0 unspecified atom stereocenters. The molecule has 0 fully saturated rings. The summed E-state index contributed by atoms with van der Waals surface area (Å²) >= 11 is 5.78. The minimum absolute atomic E-state index is 0.00112. The van der Waals surface area contributed by atoms with Gasteiger partial charge < -0.3 is 9.47 Å². The minimum Gasteiger partial charge on any atom is -0.345 e. The van der Waals surface area contributed by atoms with E-state index in [0.29, 0.717) is 6.54 Å². The molecule has 1 rings (SSSR count). The van der Waals surface area contributed by atoms with Gasteiger partial charge in [0, 0.05) is 20.6 Å². The number of carbonyl (C=O) groups is 1. The highest BCUT2D eigenvalue weighted by Crippen LogP contribution is 2.17. The van der Waals surface area contributed by atoms with Crippen LogP contribution in [-0.4, -0.2) is 48.9 Å². The maximum absolute atomic E-state index is 11.8. The number of carbonyl (C=O) groups excluding carboxylic acids is 1. The molecule has 0 aliphatic heterocycles. The first-order chi connectivity index (χ1) is 8.29. The van der Waals surface area contributed by atoms with Crippen molar-refractivity contribution in [3.05, 3.63) is 11.5 Å². The normalized spacial score (nSPS) is 11.6. The zero-order valence-electron chi connectivity index (χ0n) is 10.3. The topological polar surface area (TPSA) is 84.3 Å². The molecule has 1 amide bonds. The van der Waals surface area contributed by atoms with Crippen molar-refractivity contribution in [1.29, 1.82) is 0 Å². The average Bonchev–Trinajstić information content (AvgIpc) is 2.66. The number of hydrogen-bond donors (Lipinski definition) is 1. The molecular weight excluding hydrogens is 280 g/mol. The van der Waals surface area contributed by atoms with Gasteiger partial charge >= 0.3 is 0 Å². The number of aromatic nitrogens is 2. The summed E-state index contributed by atoms with van der Waals surface area (Å²) in [4.78, 5) is 16.6. The van der Waals surface area contributed by atoms with Crippen molar-refractivity contribution >= 4 is 27.5 Å². The van der Waals surface area contributed by atoms with Gasteiger partial charge in [-0.3, -0.25) is 4.79 Å². The lowest BCUT2D eigenvalue weighted by Gasteiger charge is -2.14. The van der Waals surface area contributed by atoms with Gasteiger partial charge in [0.15, 0.2) is 0 Å². The van der Waals surface area contributed by atoms with Gasteiger partial charge in [0.25, 0.3) is 10.0 Å². The number of nitrogens with one attached hydrogen (secondary N) is 1. The zero-order valence-corrected chi connectivity index (χ0v) is 11.9. The van der Waals surface area contributed by atoms with Crippen LogP contribution in [0, 0.1) is 0 Å². The summed E-state index contributed by atoms with van der Waals surface area (Å²) in [5.74, 6) is -0.326. The number of sulfonamides is 1. The van der Waals surface area contributed by atoms with Gasteiger partial charge in [0.2, 0.25) is 10.9 Å². The predicted molar refractivity (Wildman–Crippen MR) is 66.7 cm³/mol. The molecule has 0 aromatic carbocycles. The summed E-state index contributed by atoms with van der Waals surface area (Å²) in [6, 6.07) is 0. The molecule has 0 atom stereocenters. The molecular formula is C9H15ClN4O3S. The molecule has 0 aliphatic carbocycles. The maximum atomic E-state index is 11.8. The van der Waals surface area contributed by atoms with Gasteiger partial charge in [-0.05, 0) is 6.92 Å². The summed E-state index contributed by atoms with van der Waals surface area (Å²) in [6.07, 6.45) is 1.29. The third-order valence-electron chi connectivity index (χ3n) is 2.40. The Kier molecular flexibility index (Phi) is 4.71. The first-order valence-electron chi connectivity index (χ1n) is 5.20. The van der Waals surface area contributed by atoms with Crippen LogP contribution in [0.1, 0.15) is 6.92 Å². The number of nitrogens with zero attached hydrogens (tertiary/aromatic N) is 3. The Hall–Kier alpha value is -1.12. The fraction of sp³-hybridized carbons (Fsp3) is 0.556. The Bertz CT molecular complexity index is 540. The Morgan fingerprint density at radius 1 is 1.61 bits per heavy atom. The molecule has 7 nitrogen and oxygen atoms in total. The first-order valence-corrected chi connectivity index (χ1v) is 7.06. The van der Waals surface area contributed by atoms with Gasteiger partial charge in [-0.2, -0.15) is 0 Å². The smallest absolute Gasteiger partial charge is 0.261 e. The molecule has 1 aromatic heterocycles. The summed E-state index contributed by atoms with van der Waals surface area (Å²) < 4.78 is 27.2. The molecule has 1 heterocycles. The summed E-state index contributed by atoms with van der Waals surface area (Å²) in [7, 11) is -0.707. The summed E-state index contributed by atoms with van der Waals surface area (Å²) in [6.45, 7) is 1.98. The maximum Gasteiger partial charge on any atom is 0.261 e. The lowest BCUT2D eigenvalue weighted by atomic mass is 10.5. The van der Waals surface area contributed by atoms with E-state index < -0.39 is 10.0 Å². The molecule has 1 aromatic rings. The Morgan fingerprint density at radius 2 is 2.22 bits per heavy atom. The molecule has 0 saturated carbocycles. The van der Waals surface area contributed by atoms with Gasteiger partial charge in [-0.25, -0.2) is 18.1 Å². The second kappa shape index (κ2) is 5.68.